The summed E-state index contributed by atoms with van der Waals surface area (Å²) in [7, 11) is 0. The van der Waals surface area contributed by atoms with E-state index in [0.717, 1.165) is 0 Å². The maximum Gasteiger partial charge on any atom is 0.250 e. The molecule has 1 aliphatic heterocycles. The molecule has 0 aliphatic carbocycles. The molecule has 1 fully saturated rings. The Morgan fingerprint density at radius 2 is 2.10 bits per heavy atom. The van der Waals surface area contributed by atoms with Gasteiger partial charge >= 0.3 is 0 Å². The van der Waals surface area contributed by atoms with Crippen LogP contribution in [0.15, 0.2) is 18.2 Å². The maximum atomic E-state index is 14.0. The summed E-state index contributed by atoms with van der Waals surface area (Å²) in [5, 5.41) is 2.68. The molecule has 1 aromatic carbocycles. The summed E-state index contributed by atoms with van der Waals surface area (Å²) in [6.07, 6.45) is 0.550. The molecular weight excluding hydrogens is 259 g/mol. The molecule has 0 aromatic heterocycles. The molecule has 1 aromatic rings. The number of carbonyl (C=O) groups is 2. The van der Waals surface area contributed by atoms with Crippen LogP contribution >= 0.6 is 0 Å². The second-order valence-electron chi connectivity index (χ2n) is 5.58. The lowest BCUT2D eigenvalue weighted by Crippen LogP contribution is -2.58. The predicted molar refractivity (Wildman–Crippen MR) is 74.9 cm³/mol. The highest BCUT2D eigenvalue weighted by atomic mass is 19.1. The van der Waals surface area contributed by atoms with Crippen LogP contribution in [0.5, 0.6) is 0 Å². The number of para-hydroxylation sites is 1. The van der Waals surface area contributed by atoms with E-state index in [1.807, 2.05) is 13.8 Å². The van der Waals surface area contributed by atoms with Crippen LogP contribution in [0, 0.1) is 18.7 Å². The Labute approximate surface area is 118 Å². The smallest absolute Gasteiger partial charge is 0.250 e. The number of piperazine rings is 1. The largest absolute Gasteiger partial charge is 0.343 e. The molecule has 108 valence electrons. The molecule has 20 heavy (non-hydrogen) atoms. The second-order valence-corrected chi connectivity index (χ2v) is 5.58. The first-order chi connectivity index (χ1) is 9.40. The Morgan fingerprint density at radius 1 is 1.40 bits per heavy atom. The van der Waals surface area contributed by atoms with Crippen molar-refractivity contribution >= 4 is 17.5 Å². The Bertz CT molecular complexity index is 522. The van der Waals surface area contributed by atoms with Crippen LogP contribution in [0.25, 0.3) is 0 Å². The third kappa shape index (κ3) is 2.81. The van der Waals surface area contributed by atoms with E-state index in [1.165, 1.54) is 11.0 Å². The number of hydrogen-bond acceptors (Lipinski definition) is 2. The van der Waals surface area contributed by atoms with Crippen molar-refractivity contribution in [2.45, 2.75) is 33.2 Å². The zero-order chi connectivity index (χ0) is 14.9. The van der Waals surface area contributed by atoms with Crippen LogP contribution in [-0.4, -0.2) is 24.4 Å². The van der Waals surface area contributed by atoms with Gasteiger partial charge in [0.2, 0.25) is 11.8 Å². The van der Waals surface area contributed by atoms with Gasteiger partial charge < -0.3 is 5.32 Å². The van der Waals surface area contributed by atoms with Crippen LogP contribution in [0.2, 0.25) is 0 Å². The standard InChI is InChI=1S/C15H19FN2O2/c1-9(2)7-12-15(20)18(8-13(19)17-12)14-10(3)5-4-6-11(14)16/h4-6,9,12H,7-8H2,1-3H3,(H,17,19). The Hall–Kier alpha value is -1.91. The molecule has 1 aliphatic rings. The summed E-state index contributed by atoms with van der Waals surface area (Å²) in [6, 6.07) is 4.05. The first kappa shape index (κ1) is 14.5. The summed E-state index contributed by atoms with van der Waals surface area (Å²) >= 11 is 0. The van der Waals surface area contributed by atoms with Crippen molar-refractivity contribution in [2.24, 2.45) is 5.92 Å². The number of halogens is 1. The molecular formula is C15H19FN2O2. The molecule has 1 heterocycles. The molecule has 1 atom stereocenters. The molecule has 1 N–H and O–H groups in total. The van der Waals surface area contributed by atoms with Crippen molar-refractivity contribution in [2.75, 3.05) is 11.4 Å². The number of nitrogens with zero attached hydrogens (tertiary/aromatic N) is 1. The number of carbonyl (C=O) groups excluding carboxylic acids is 2. The van der Waals surface area contributed by atoms with Crippen LogP contribution in [0.1, 0.15) is 25.8 Å². The number of hydrogen-bond donors (Lipinski definition) is 1. The van der Waals surface area contributed by atoms with Gasteiger partial charge in [0.05, 0.1) is 5.69 Å². The minimum Gasteiger partial charge on any atom is -0.343 e. The molecule has 2 rings (SSSR count). The van der Waals surface area contributed by atoms with Crippen molar-refractivity contribution in [3.8, 4) is 0 Å². The molecule has 5 heteroatoms. The Morgan fingerprint density at radius 3 is 2.70 bits per heavy atom. The molecule has 0 saturated carbocycles. The van der Waals surface area contributed by atoms with Gasteiger partial charge in [0.1, 0.15) is 18.4 Å². The SMILES string of the molecule is Cc1cccc(F)c1N1CC(=O)NC(CC(C)C)C1=O. The fourth-order valence-corrected chi connectivity index (χ4v) is 2.50. The predicted octanol–water partition coefficient (Wildman–Crippen LogP) is 2.01. The van der Waals surface area contributed by atoms with E-state index in [4.69, 9.17) is 0 Å². The van der Waals surface area contributed by atoms with Crippen molar-refractivity contribution in [1.29, 1.82) is 0 Å². The fourth-order valence-electron chi connectivity index (χ4n) is 2.50. The van der Waals surface area contributed by atoms with E-state index in [9.17, 15) is 14.0 Å². The number of rotatable bonds is 3. The van der Waals surface area contributed by atoms with Gasteiger partial charge in [-0.25, -0.2) is 4.39 Å². The third-order valence-corrected chi connectivity index (χ3v) is 3.37. The van der Waals surface area contributed by atoms with Gasteiger partial charge in [-0.3, -0.25) is 14.5 Å². The van der Waals surface area contributed by atoms with Crippen LogP contribution in [-0.2, 0) is 9.59 Å². The van der Waals surface area contributed by atoms with E-state index in [-0.39, 0.29) is 30.0 Å². The van der Waals surface area contributed by atoms with Gasteiger partial charge in [0.25, 0.3) is 0 Å². The lowest BCUT2D eigenvalue weighted by atomic mass is 10.00. The number of aryl methyl sites for hydroxylation is 1. The maximum absolute atomic E-state index is 14.0. The van der Waals surface area contributed by atoms with Crippen LogP contribution < -0.4 is 10.2 Å². The number of anilines is 1. The molecule has 0 radical (unpaired) electrons. The zero-order valence-corrected chi connectivity index (χ0v) is 11.9. The van der Waals surface area contributed by atoms with Gasteiger partial charge in [-0.05, 0) is 30.9 Å². The van der Waals surface area contributed by atoms with Gasteiger partial charge in [0, 0.05) is 0 Å². The highest BCUT2D eigenvalue weighted by Crippen LogP contribution is 2.26. The highest BCUT2D eigenvalue weighted by Gasteiger charge is 2.35. The van der Waals surface area contributed by atoms with E-state index >= 15 is 0 Å². The molecule has 1 saturated heterocycles. The van der Waals surface area contributed by atoms with Crippen molar-refractivity contribution in [3.05, 3.63) is 29.6 Å². The van der Waals surface area contributed by atoms with Crippen LogP contribution in [0.4, 0.5) is 10.1 Å². The lowest BCUT2D eigenvalue weighted by Gasteiger charge is -2.34. The van der Waals surface area contributed by atoms with Gasteiger partial charge in [-0.15, -0.1) is 0 Å². The van der Waals surface area contributed by atoms with Crippen LogP contribution in [0.3, 0.4) is 0 Å². The van der Waals surface area contributed by atoms with E-state index in [1.54, 1.807) is 19.1 Å². The average molecular weight is 278 g/mol. The van der Waals surface area contributed by atoms with Gasteiger partial charge in [0.15, 0.2) is 0 Å². The monoisotopic (exact) mass is 278 g/mol. The normalized spacial score (nSPS) is 19.4. The van der Waals surface area contributed by atoms with Crippen molar-refractivity contribution in [1.82, 2.24) is 5.32 Å². The summed E-state index contributed by atoms with van der Waals surface area (Å²) in [4.78, 5) is 25.5. The van der Waals surface area contributed by atoms with Crippen molar-refractivity contribution in [3.63, 3.8) is 0 Å². The van der Waals surface area contributed by atoms with E-state index in [0.29, 0.717) is 12.0 Å². The molecule has 0 spiro atoms. The zero-order valence-electron chi connectivity index (χ0n) is 11.9. The molecule has 0 bridgehead atoms. The Kier molecular flexibility index (Phi) is 4.06. The number of benzene rings is 1. The van der Waals surface area contributed by atoms with E-state index in [2.05, 4.69) is 5.32 Å². The minimum atomic E-state index is -0.574. The number of amides is 2. The van der Waals surface area contributed by atoms with E-state index < -0.39 is 11.9 Å². The summed E-state index contributed by atoms with van der Waals surface area (Å²) in [5.41, 5.74) is 0.859. The first-order valence-electron chi connectivity index (χ1n) is 6.76. The summed E-state index contributed by atoms with van der Waals surface area (Å²) in [5.74, 6) is -0.702. The van der Waals surface area contributed by atoms with Crippen molar-refractivity contribution < 1.29 is 14.0 Å². The van der Waals surface area contributed by atoms with Gasteiger partial charge in [-0.2, -0.15) is 0 Å². The average Bonchev–Trinajstić information content (AvgIpc) is 2.33. The highest BCUT2D eigenvalue weighted by molar-refractivity contribution is 6.07. The lowest BCUT2D eigenvalue weighted by molar-refractivity contribution is -0.131. The summed E-state index contributed by atoms with van der Waals surface area (Å²) < 4.78 is 14.0. The quantitative estimate of drug-likeness (QED) is 0.919. The van der Waals surface area contributed by atoms with Gasteiger partial charge in [-0.1, -0.05) is 26.0 Å². The molecule has 4 nitrogen and oxygen atoms in total. The first-order valence-corrected chi connectivity index (χ1v) is 6.76. The topological polar surface area (TPSA) is 49.4 Å². The minimum absolute atomic E-state index is 0.130. The molecule has 1 unspecified atom stereocenters. The second kappa shape index (κ2) is 5.61. The number of nitrogens with one attached hydrogen (secondary N) is 1. The Balaban J connectivity index is 2.35. The fraction of sp³-hybridized carbons (Fsp3) is 0.467. The molecule has 2 amide bonds. The summed E-state index contributed by atoms with van der Waals surface area (Å²) in [6.45, 7) is 5.56. The third-order valence-electron chi connectivity index (χ3n) is 3.37.